The van der Waals surface area contributed by atoms with E-state index in [-0.39, 0.29) is 5.75 Å². The van der Waals surface area contributed by atoms with Gasteiger partial charge in [0.05, 0.1) is 6.42 Å². The van der Waals surface area contributed by atoms with Crippen molar-refractivity contribution in [3.05, 3.63) is 34.4 Å². The molecule has 7 heteroatoms. The monoisotopic (exact) mass is 268 g/mol. The molecule has 0 unspecified atom stereocenters. The summed E-state index contributed by atoms with van der Waals surface area (Å²) >= 11 is 0.991. The number of thioether (sulfide) groups is 1. The number of carbonyl (C=O) groups is 1. The largest absolute Gasteiger partial charge is 0.481 e. The Hall–Kier alpha value is -1.24. The van der Waals surface area contributed by atoms with Crippen LogP contribution < -0.4 is 0 Å². The molecule has 0 fully saturated rings. The number of halogens is 4. The van der Waals surface area contributed by atoms with Crippen molar-refractivity contribution in [2.75, 3.05) is 6.26 Å². The van der Waals surface area contributed by atoms with Crippen LogP contribution in [0.1, 0.15) is 11.1 Å². The van der Waals surface area contributed by atoms with Gasteiger partial charge in [0.2, 0.25) is 0 Å². The Labute approximate surface area is 98.6 Å². The van der Waals surface area contributed by atoms with E-state index in [1.807, 2.05) is 0 Å². The standard InChI is InChI=1S/C10H8F4O2S/c1-17-3-5-9(13)7(11)4(2-6(15)16)8(12)10(5)14/h2-3H2,1H3,(H,15,16). The summed E-state index contributed by atoms with van der Waals surface area (Å²) in [6.45, 7) is 0. The van der Waals surface area contributed by atoms with Crippen molar-refractivity contribution >= 4 is 17.7 Å². The zero-order valence-electron chi connectivity index (χ0n) is 8.69. The Bertz CT molecular complexity index is 433. The van der Waals surface area contributed by atoms with Gasteiger partial charge in [-0.25, -0.2) is 17.6 Å². The fraction of sp³-hybridized carbons (Fsp3) is 0.300. The quantitative estimate of drug-likeness (QED) is 0.674. The van der Waals surface area contributed by atoms with Crippen LogP contribution >= 0.6 is 11.8 Å². The summed E-state index contributed by atoms with van der Waals surface area (Å²) in [5.41, 5.74) is -1.82. The van der Waals surface area contributed by atoms with Crippen LogP contribution in [0, 0.1) is 23.3 Å². The molecule has 0 aliphatic carbocycles. The van der Waals surface area contributed by atoms with E-state index in [0.29, 0.717) is 0 Å². The average molecular weight is 268 g/mol. The number of carboxylic acid groups (broad SMARTS) is 1. The van der Waals surface area contributed by atoms with Gasteiger partial charge in [0.25, 0.3) is 0 Å². The van der Waals surface area contributed by atoms with Crippen molar-refractivity contribution in [3.8, 4) is 0 Å². The third-order valence-corrected chi connectivity index (χ3v) is 2.64. The van der Waals surface area contributed by atoms with Crippen LogP contribution in [0.4, 0.5) is 17.6 Å². The second-order valence-corrected chi connectivity index (χ2v) is 4.08. The average Bonchev–Trinajstić information content (AvgIpc) is 2.27. The van der Waals surface area contributed by atoms with Gasteiger partial charge in [0.1, 0.15) is 0 Å². The van der Waals surface area contributed by atoms with Crippen molar-refractivity contribution in [2.24, 2.45) is 0 Å². The van der Waals surface area contributed by atoms with E-state index >= 15 is 0 Å². The smallest absolute Gasteiger partial charge is 0.308 e. The zero-order chi connectivity index (χ0) is 13.2. The first-order chi connectivity index (χ1) is 7.90. The summed E-state index contributed by atoms with van der Waals surface area (Å²) in [6, 6.07) is 0. The van der Waals surface area contributed by atoms with E-state index in [1.54, 1.807) is 0 Å². The number of benzene rings is 1. The molecule has 17 heavy (non-hydrogen) atoms. The van der Waals surface area contributed by atoms with Crippen LogP contribution in [0.2, 0.25) is 0 Å². The molecule has 1 aromatic rings. The molecule has 0 aliphatic rings. The van der Waals surface area contributed by atoms with Gasteiger partial charge in [-0.1, -0.05) is 0 Å². The molecule has 0 radical (unpaired) electrons. The van der Waals surface area contributed by atoms with Gasteiger partial charge < -0.3 is 5.11 Å². The first-order valence-corrected chi connectivity index (χ1v) is 5.84. The molecule has 94 valence electrons. The fourth-order valence-corrected chi connectivity index (χ4v) is 1.84. The highest BCUT2D eigenvalue weighted by molar-refractivity contribution is 7.97. The zero-order valence-corrected chi connectivity index (χ0v) is 9.51. The van der Waals surface area contributed by atoms with Crippen LogP contribution in [-0.2, 0) is 17.0 Å². The van der Waals surface area contributed by atoms with Crippen LogP contribution in [0.25, 0.3) is 0 Å². The third kappa shape index (κ3) is 2.71. The lowest BCUT2D eigenvalue weighted by Crippen LogP contribution is -2.12. The van der Waals surface area contributed by atoms with Crippen molar-refractivity contribution in [2.45, 2.75) is 12.2 Å². The minimum atomic E-state index is -1.64. The molecular weight excluding hydrogens is 260 g/mol. The Morgan fingerprint density at radius 3 is 1.82 bits per heavy atom. The number of aliphatic carboxylic acids is 1. The van der Waals surface area contributed by atoms with Crippen molar-refractivity contribution in [3.63, 3.8) is 0 Å². The molecule has 0 spiro atoms. The second kappa shape index (κ2) is 5.39. The van der Waals surface area contributed by atoms with Crippen LogP contribution in [0.15, 0.2) is 0 Å². The lowest BCUT2D eigenvalue weighted by Gasteiger charge is -2.09. The second-order valence-electron chi connectivity index (χ2n) is 3.22. The third-order valence-electron chi connectivity index (χ3n) is 2.06. The molecule has 1 aromatic carbocycles. The van der Waals surface area contributed by atoms with Crippen LogP contribution in [-0.4, -0.2) is 17.3 Å². The molecule has 0 bridgehead atoms. The maximum atomic E-state index is 13.4. The number of rotatable bonds is 4. The number of carboxylic acids is 1. The minimum Gasteiger partial charge on any atom is -0.481 e. The van der Waals surface area contributed by atoms with Gasteiger partial charge in [-0.05, 0) is 6.26 Å². The normalized spacial score (nSPS) is 10.6. The van der Waals surface area contributed by atoms with Gasteiger partial charge in [0.15, 0.2) is 23.3 Å². The van der Waals surface area contributed by atoms with Gasteiger partial charge in [-0.3, -0.25) is 4.79 Å². The highest BCUT2D eigenvalue weighted by Gasteiger charge is 2.25. The Morgan fingerprint density at radius 1 is 1.06 bits per heavy atom. The molecule has 0 heterocycles. The molecule has 0 amide bonds. The lowest BCUT2D eigenvalue weighted by atomic mass is 10.1. The topological polar surface area (TPSA) is 37.3 Å². The van der Waals surface area contributed by atoms with Crippen molar-refractivity contribution < 1.29 is 27.5 Å². The van der Waals surface area contributed by atoms with E-state index in [2.05, 4.69) is 0 Å². The van der Waals surface area contributed by atoms with E-state index in [4.69, 9.17) is 5.11 Å². The molecule has 0 aromatic heterocycles. The van der Waals surface area contributed by atoms with Crippen LogP contribution in [0.5, 0.6) is 0 Å². The summed E-state index contributed by atoms with van der Waals surface area (Å²) in [4.78, 5) is 10.3. The van der Waals surface area contributed by atoms with E-state index in [9.17, 15) is 22.4 Å². The molecule has 2 nitrogen and oxygen atoms in total. The Morgan fingerprint density at radius 2 is 1.47 bits per heavy atom. The summed E-state index contributed by atoms with van der Waals surface area (Å²) < 4.78 is 53.4. The van der Waals surface area contributed by atoms with Gasteiger partial charge in [-0.2, -0.15) is 11.8 Å². The van der Waals surface area contributed by atoms with Gasteiger partial charge >= 0.3 is 5.97 Å². The number of hydrogen-bond acceptors (Lipinski definition) is 2. The Kier molecular flexibility index (Phi) is 4.39. The maximum Gasteiger partial charge on any atom is 0.308 e. The summed E-state index contributed by atoms with van der Waals surface area (Å²) in [5, 5.41) is 8.39. The first-order valence-electron chi connectivity index (χ1n) is 4.44. The van der Waals surface area contributed by atoms with E-state index in [0.717, 1.165) is 11.8 Å². The van der Waals surface area contributed by atoms with E-state index < -0.39 is 46.8 Å². The van der Waals surface area contributed by atoms with Gasteiger partial charge in [-0.15, -0.1) is 0 Å². The maximum absolute atomic E-state index is 13.4. The molecule has 1 rings (SSSR count). The minimum absolute atomic E-state index is 0.237. The van der Waals surface area contributed by atoms with Gasteiger partial charge in [0, 0.05) is 16.9 Å². The predicted molar refractivity (Wildman–Crippen MR) is 54.8 cm³/mol. The molecule has 0 aliphatic heterocycles. The lowest BCUT2D eigenvalue weighted by molar-refractivity contribution is -0.136. The highest BCUT2D eigenvalue weighted by Crippen LogP contribution is 2.26. The molecule has 0 atom stereocenters. The SMILES string of the molecule is CSCc1c(F)c(F)c(CC(=O)O)c(F)c1F. The first kappa shape index (κ1) is 13.8. The summed E-state index contributed by atoms with van der Waals surface area (Å²) in [5.74, 6) is -8.16. The summed E-state index contributed by atoms with van der Waals surface area (Å²) in [7, 11) is 0. The van der Waals surface area contributed by atoms with Crippen LogP contribution in [0.3, 0.4) is 0 Å². The summed E-state index contributed by atoms with van der Waals surface area (Å²) in [6.07, 6.45) is 0.408. The molecule has 1 N–H and O–H groups in total. The molecule has 0 saturated heterocycles. The fourth-order valence-electron chi connectivity index (χ4n) is 1.30. The predicted octanol–water partition coefficient (Wildman–Crippen LogP) is 2.73. The molecule has 0 saturated carbocycles. The Balaban J connectivity index is 3.41. The van der Waals surface area contributed by atoms with Crippen molar-refractivity contribution in [1.29, 1.82) is 0 Å². The highest BCUT2D eigenvalue weighted by atomic mass is 32.2. The van der Waals surface area contributed by atoms with Crippen molar-refractivity contribution in [1.82, 2.24) is 0 Å². The van der Waals surface area contributed by atoms with E-state index in [1.165, 1.54) is 6.26 Å². The molecular formula is C10H8F4O2S. The number of hydrogen-bond donors (Lipinski definition) is 1.